The Bertz CT molecular complexity index is 306. The van der Waals surface area contributed by atoms with Gasteiger partial charge in [0, 0.05) is 12.0 Å². The zero-order chi connectivity index (χ0) is 10.9. The van der Waals surface area contributed by atoms with E-state index >= 15 is 0 Å². The third-order valence-electron chi connectivity index (χ3n) is 2.35. The summed E-state index contributed by atoms with van der Waals surface area (Å²) in [5.41, 5.74) is 0.810. The van der Waals surface area contributed by atoms with Gasteiger partial charge in [-0.15, -0.1) is 0 Å². The van der Waals surface area contributed by atoms with Crippen LogP contribution in [0.4, 0.5) is 0 Å². The standard InChI is InChI=1S/C13H17NO/c14-11-7-2-1-6-10-13(15)12-8-4-3-5-9-12/h3-5,8-9,11,14H,1-2,6-7,10H2. The molecule has 0 spiro atoms. The molecule has 0 radical (unpaired) electrons. The largest absolute Gasteiger partial charge is 0.313 e. The van der Waals surface area contributed by atoms with Crippen LogP contribution in [-0.2, 0) is 0 Å². The molecule has 0 bridgehead atoms. The van der Waals surface area contributed by atoms with E-state index < -0.39 is 0 Å². The smallest absolute Gasteiger partial charge is 0.162 e. The minimum atomic E-state index is 0.227. The van der Waals surface area contributed by atoms with Crippen molar-refractivity contribution in [2.75, 3.05) is 0 Å². The highest BCUT2D eigenvalue weighted by molar-refractivity contribution is 5.95. The molecule has 1 rings (SSSR count). The predicted molar refractivity (Wildman–Crippen MR) is 62.6 cm³/mol. The zero-order valence-corrected chi connectivity index (χ0v) is 8.91. The molecule has 0 aromatic heterocycles. The molecule has 0 aliphatic heterocycles. The normalized spacial score (nSPS) is 9.87. The van der Waals surface area contributed by atoms with E-state index in [2.05, 4.69) is 0 Å². The zero-order valence-electron chi connectivity index (χ0n) is 8.91. The molecule has 1 aromatic rings. The minimum Gasteiger partial charge on any atom is -0.313 e. The van der Waals surface area contributed by atoms with Crippen LogP contribution in [0.2, 0.25) is 0 Å². The van der Waals surface area contributed by atoms with Gasteiger partial charge >= 0.3 is 0 Å². The lowest BCUT2D eigenvalue weighted by Crippen LogP contribution is -1.98. The first-order valence-corrected chi connectivity index (χ1v) is 5.42. The molecule has 0 amide bonds. The SMILES string of the molecule is N=CCCCCCC(=O)c1ccccc1. The monoisotopic (exact) mass is 203 g/mol. The minimum absolute atomic E-state index is 0.227. The number of benzene rings is 1. The predicted octanol–water partition coefficient (Wildman–Crippen LogP) is 3.47. The quantitative estimate of drug-likeness (QED) is 0.411. The van der Waals surface area contributed by atoms with E-state index in [0.717, 1.165) is 31.2 Å². The van der Waals surface area contributed by atoms with E-state index in [-0.39, 0.29) is 5.78 Å². The van der Waals surface area contributed by atoms with E-state index in [1.165, 1.54) is 6.21 Å². The van der Waals surface area contributed by atoms with Gasteiger partial charge in [0.15, 0.2) is 5.78 Å². The number of carbonyl (C=O) groups is 1. The maximum atomic E-state index is 11.6. The van der Waals surface area contributed by atoms with Crippen molar-refractivity contribution in [1.29, 1.82) is 5.41 Å². The van der Waals surface area contributed by atoms with Crippen molar-refractivity contribution >= 4 is 12.0 Å². The van der Waals surface area contributed by atoms with Crippen molar-refractivity contribution in [3.63, 3.8) is 0 Å². The average molecular weight is 203 g/mol. The van der Waals surface area contributed by atoms with Crippen molar-refractivity contribution in [2.24, 2.45) is 0 Å². The van der Waals surface area contributed by atoms with E-state index in [4.69, 9.17) is 5.41 Å². The number of carbonyl (C=O) groups excluding carboxylic acids is 1. The van der Waals surface area contributed by atoms with Crippen molar-refractivity contribution in [1.82, 2.24) is 0 Å². The molecule has 1 N–H and O–H groups in total. The van der Waals surface area contributed by atoms with Crippen LogP contribution in [0.5, 0.6) is 0 Å². The summed E-state index contributed by atoms with van der Waals surface area (Å²) in [5.74, 6) is 0.227. The second-order valence-electron chi connectivity index (χ2n) is 3.59. The van der Waals surface area contributed by atoms with E-state index in [9.17, 15) is 4.79 Å². The molecule has 1 aromatic carbocycles. The maximum Gasteiger partial charge on any atom is 0.162 e. The highest BCUT2D eigenvalue weighted by Crippen LogP contribution is 2.08. The van der Waals surface area contributed by atoms with Gasteiger partial charge in [-0.25, -0.2) is 0 Å². The van der Waals surface area contributed by atoms with Crippen LogP contribution in [-0.4, -0.2) is 12.0 Å². The van der Waals surface area contributed by atoms with Gasteiger partial charge in [-0.1, -0.05) is 36.8 Å². The average Bonchev–Trinajstić information content (AvgIpc) is 2.30. The number of ketones is 1. The first-order chi connectivity index (χ1) is 7.34. The molecule has 0 atom stereocenters. The highest BCUT2D eigenvalue weighted by Gasteiger charge is 2.03. The third-order valence-corrected chi connectivity index (χ3v) is 2.35. The molecular weight excluding hydrogens is 186 g/mol. The molecule has 0 aliphatic carbocycles. The fourth-order valence-electron chi connectivity index (χ4n) is 1.48. The van der Waals surface area contributed by atoms with Gasteiger partial charge < -0.3 is 5.41 Å². The van der Waals surface area contributed by atoms with Crippen molar-refractivity contribution in [2.45, 2.75) is 32.1 Å². The van der Waals surface area contributed by atoms with Crippen LogP contribution in [0, 0.1) is 5.41 Å². The number of unbranched alkanes of at least 4 members (excludes halogenated alkanes) is 3. The summed E-state index contributed by atoms with van der Waals surface area (Å²) in [6.07, 6.45) is 5.88. The Labute approximate surface area is 90.8 Å². The molecule has 0 fully saturated rings. The first kappa shape index (κ1) is 11.6. The topological polar surface area (TPSA) is 40.9 Å². The van der Waals surface area contributed by atoms with Crippen LogP contribution in [0.3, 0.4) is 0 Å². The molecule has 80 valence electrons. The Hall–Kier alpha value is -1.44. The van der Waals surface area contributed by atoms with Gasteiger partial charge in [0.05, 0.1) is 0 Å². The fraction of sp³-hybridized carbons (Fsp3) is 0.385. The van der Waals surface area contributed by atoms with Gasteiger partial charge in [-0.2, -0.15) is 0 Å². The lowest BCUT2D eigenvalue weighted by Gasteiger charge is -2.00. The second kappa shape index (κ2) is 6.93. The number of Topliss-reactive ketones (excluding diaryl/α,β-unsaturated/α-hetero) is 1. The fourth-order valence-corrected chi connectivity index (χ4v) is 1.48. The third kappa shape index (κ3) is 4.54. The van der Waals surface area contributed by atoms with Crippen LogP contribution in [0.25, 0.3) is 0 Å². The molecule has 0 heterocycles. The highest BCUT2D eigenvalue weighted by atomic mass is 16.1. The summed E-state index contributed by atoms with van der Waals surface area (Å²) in [6, 6.07) is 9.42. The molecule has 2 nitrogen and oxygen atoms in total. The Balaban J connectivity index is 2.22. The lowest BCUT2D eigenvalue weighted by atomic mass is 10.0. The summed E-state index contributed by atoms with van der Waals surface area (Å²) >= 11 is 0. The van der Waals surface area contributed by atoms with Gasteiger partial charge in [0.1, 0.15) is 0 Å². The van der Waals surface area contributed by atoms with Crippen molar-refractivity contribution < 1.29 is 4.79 Å². The molecule has 0 saturated heterocycles. The Morgan fingerprint density at radius 3 is 2.53 bits per heavy atom. The van der Waals surface area contributed by atoms with E-state index in [0.29, 0.717) is 6.42 Å². The molecule has 0 unspecified atom stereocenters. The van der Waals surface area contributed by atoms with Gasteiger partial charge in [0.25, 0.3) is 0 Å². The Morgan fingerprint density at radius 1 is 1.13 bits per heavy atom. The second-order valence-corrected chi connectivity index (χ2v) is 3.59. The Kier molecular flexibility index (Phi) is 5.38. The molecule has 0 saturated carbocycles. The van der Waals surface area contributed by atoms with Crippen LogP contribution < -0.4 is 0 Å². The number of rotatable bonds is 7. The number of hydrogen-bond donors (Lipinski definition) is 1. The van der Waals surface area contributed by atoms with Crippen LogP contribution in [0.15, 0.2) is 30.3 Å². The number of hydrogen-bond acceptors (Lipinski definition) is 2. The van der Waals surface area contributed by atoms with Crippen LogP contribution in [0.1, 0.15) is 42.5 Å². The summed E-state index contributed by atoms with van der Waals surface area (Å²) in [6.45, 7) is 0. The van der Waals surface area contributed by atoms with E-state index in [1.807, 2.05) is 30.3 Å². The van der Waals surface area contributed by atoms with Crippen molar-refractivity contribution in [3.05, 3.63) is 35.9 Å². The molecule has 0 aliphatic rings. The van der Waals surface area contributed by atoms with E-state index in [1.54, 1.807) is 0 Å². The van der Waals surface area contributed by atoms with Gasteiger partial charge in [0.2, 0.25) is 0 Å². The summed E-state index contributed by atoms with van der Waals surface area (Å²) in [5, 5.41) is 6.87. The van der Waals surface area contributed by atoms with Crippen molar-refractivity contribution in [3.8, 4) is 0 Å². The summed E-state index contributed by atoms with van der Waals surface area (Å²) in [4.78, 5) is 11.6. The summed E-state index contributed by atoms with van der Waals surface area (Å²) in [7, 11) is 0. The molecular formula is C13H17NO. The maximum absolute atomic E-state index is 11.6. The lowest BCUT2D eigenvalue weighted by molar-refractivity contribution is 0.0979. The summed E-state index contributed by atoms with van der Waals surface area (Å²) < 4.78 is 0. The molecule has 2 heteroatoms. The molecule has 15 heavy (non-hydrogen) atoms. The number of nitrogens with one attached hydrogen (secondary N) is 1. The van der Waals surface area contributed by atoms with Gasteiger partial charge in [-0.05, 0) is 25.5 Å². The first-order valence-electron chi connectivity index (χ1n) is 5.42. The van der Waals surface area contributed by atoms with Gasteiger partial charge in [-0.3, -0.25) is 4.79 Å². The van der Waals surface area contributed by atoms with Crippen LogP contribution >= 0.6 is 0 Å². The Morgan fingerprint density at radius 2 is 1.87 bits per heavy atom.